The van der Waals surface area contributed by atoms with E-state index < -0.39 is 0 Å². The Kier molecular flexibility index (Phi) is 4.43. The minimum atomic E-state index is 0.404. The molecule has 2 nitrogen and oxygen atoms in total. The lowest BCUT2D eigenvalue weighted by atomic mass is 9.49. The minimum Gasteiger partial charge on any atom is -0.311 e. The van der Waals surface area contributed by atoms with Gasteiger partial charge in [0.25, 0.3) is 0 Å². The predicted molar refractivity (Wildman–Crippen MR) is 172 cm³/mol. The Morgan fingerprint density at radius 2 is 0.429 bits per heavy atom. The molecule has 0 aromatic heterocycles. The van der Waals surface area contributed by atoms with Crippen LogP contribution in [-0.4, -0.2) is 0 Å². The number of benzene rings is 6. The van der Waals surface area contributed by atoms with Crippen molar-refractivity contribution in [2.75, 3.05) is 9.80 Å². The molecule has 20 heterocycles. The highest BCUT2D eigenvalue weighted by Crippen LogP contribution is 2.67. The summed E-state index contributed by atoms with van der Waals surface area (Å²) in [5, 5.41) is 0. The first-order valence-corrected chi connectivity index (χ1v) is 15.0. The van der Waals surface area contributed by atoms with E-state index in [1.54, 1.807) is 0 Å². The van der Waals surface area contributed by atoms with E-state index in [0.717, 1.165) is 0 Å². The molecule has 0 saturated heterocycles. The molecule has 18 bridgehead atoms. The summed E-state index contributed by atoms with van der Waals surface area (Å²) in [7, 11) is 0. The zero-order valence-corrected chi connectivity index (χ0v) is 23.1. The predicted octanol–water partition coefficient (Wildman–Crippen LogP) is 10.7. The number of rotatable bonds is 0. The zero-order chi connectivity index (χ0) is 27.4. The molecule has 6 aromatic carbocycles. The van der Waals surface area contributed by atoms with Crippen molar-refractivity contribution in [2.45, 2.75) is 23.7 Å². The van der Waals surface area contributed by atoms with Crippen LogP contribution in [0.4, 0.5) is 34.1 Å². The van der Waals surface area contributed by atoms with Crippen LogP contribution in [-0.2, 0) is 0 Å². The molecular formula is C40H28N2. The van der Waals surface area contributed by atoms with Crippen molar-refractivity contribution in [1.82, 2.24) is 0 Å². The summed E-state index contributed by atoms with van der Waals surface area (Å²) in [6.07, 6.45) is 0. The molecule has 0 spiro atoms. The lowest BCUT2D eigenvalue weighted by Crippen LogP contribution is -2.40. The molecule has 42 heavy (non-hydrogen) atoms. The van der Waals surface area contributed by atoms with Crippen molar-refractivity contribution in [3.8, 4) is 11.1 Å². The van der Waals surface area contributed by atoms with Crippen LogP contribution in [0.2, 0.25) is 0 Å². The first-order chi connectivity index (χ1) is 20.8. The Balaban J connectivity index is 1.32. The maximum Gasteiger partial charge on any atom is 0.0462 e. The van der Waals surface area contributed by atoms with E-state index in [4.69, 9.17) is 0 Å². The van der Waals surface area contributed by atoms with Gasteiger partial charge < -0.3 is 9.80 Å². The highest BCUT2D eigenvalue weighted by atomic mass is 15.1. The normalized spacial score (nSPS) is 21.7. The zero-order valence-electron chi connectivity index (χ0n) is 23.1. The fourth-order valence-electron chi connectivity index (χ4n) is 8.29. The summed E-state index contributed by atoms with van der Waals surface area (Å²) in [5.74, 6) is 1.62. The van der Waals surface area contributed by atoms with E-state index in [9.17, 15) is 0 Å². The average Bonchev–Trinajstić information content (AvgIpc) is 3.12. The summed E-state index contributed by atoms with van der Waals surface area (Å²) in [6.45, 7) is 0. The second kappa shape index (κ2) is 8.24. The molecule has 21 aliphatic rings. The summed E-state index contributed by atoms with van der Waals surface area (Å²) in [5.41, 5.74) is 15.2. The van der Waals surface area contributed by atoms with Crippen molar-refractivity contribution >= 4 is 34.1 Å². The Hall–Kier alpha value is -5.08. The number of hydrogen-bond donors (Lipinski definition) is 0. The van der Waals surface area contributed by atoms with Crippen LogP contribution in [0.5, 0.6) is 0 Å². The first-order valence-electron chi connectivity index (χ1n) is 15.0. The van der Waals surface area contributed by atoms with Gasteiger partial charge in [-0.15, -0.1) is 0 Å². The van der Waals surface area contributed by atoms with Crippen LogP contribution in [0.15, 0.2) is 146 Å². The third-order valence-electron chi connectivity index (χ3n) is 10.3. The van der Waals surface area contributed by atoms with E-state index in [1.807, 2.05) is 0 Å². The molecule has 6 aromatic rings. The van der Waals surface area contributed by atoms with E-state index in [1.165, 1.54) is 67.5 Å². The molecular weight excluding hydrogens is 508 g/mol. The molecule has 0 amide bonds. The van der Waals surface area contributed by atoms with Gasteiger partial charge in [-0.05, 0) is 130 Å². The molecule has 0 unspecified atom stereocenters. The lowest BCUT2D eigenvalue weighted by molar-refractivity contribution is 0.229. The van der Waals surface area contributed by atoms with Crippen LogP contribution in [0.25, 0.3) is 11.1 Å². The van der Waals surface area contributed by atoms with E-state index >= 15 is 0 Å². The highest BCUT2D eigenvalue weighted by molar-refractivity contribution is 5.81. The standard InChI is InChI=1S/C40H28N2/c1-13-31-14-2-25(1)26-3-15-32(16-4-26)42-35-21-9-29(10-22-35)39-37-27-5-17-33(18-6-27)41(31)34-19-7-28(8-20-34)38(37)40(39)30-11-23-36(42)24-12-30/h1-24,37-40H. The molecule has 198 valence electrons. The topological polar surface area (TPSA) is 6.48 Å². The second-order valence-corrected chi connectivity index (χ2v) is 12.2. The summed E-state index contributed by atoms with van der Waals surface area (Å²) >= 11 is 0. The van der Waals surface area contributed by atoms with Crippen molar-refractivity contribution in [2.24, 2.45) is 0 Å². The van der Waals surface area contributed by atoms with E-state index in [0.29, 0.717) is 23.7 Å². The number of nitrogens with zero attached hydrogens (tertiary/aromatic N) is 2. The molecule has 0 radical (unpaired) electrons. The monoisotopic (exact) mass is 536 g/mol. The van der Waals surface area contributed by atoms with Gasteiger partial charge in [0.05, 0.1) is 0 Å². The van der Waals surface area contributed by atoms with Gasteiger partial charge in [0.1, 0.15) is 0 Å². The lowest BCUT2D eigenvalue weighted by Gasteiger charge is -2.53. The van der Waals surface area contributed by atoms with Crippen LogP contribution in [0.1, 0.15) is 45.9 Å². The van der Waals surface area contributed by atoms with Crippen LogP contribution < -0.4 is 9.80 Å². The summed E-state index contributed by atoms with van der Waals surface area (Å²) < 4.78 is 0. The van der Waals surface area contributed by atoms with Gasteiger partial charge in [-0.25, -0.2) is 0 Å². The van der Waals surface area contributed by atoms with Gasteiger partial charge in [-0.2, -0.15) is 0 Å². The van der Waals surface area contributed by atoms with Crippen LogP contribution >= 0.6 is 0 Å². The first kappa shape index (κ1) is 22.6. The molecule has 2 heteroatoms. The van der Waals surface area contributed by atoms with E-state index in [-0.39, 0.29) is 0 Å². The third-order valence-corrected chi connectivity index (χ3v) is 10.3. The van der Waals surface area contributed by atoms with Crippen molar-refractivity contribution < 1.29 is 0 Å². The Morgan fingerprint density at radius 3 is 0.643 bits per heavy atom. The Bertz CT molecular complexity index is 1690. The molecule has 0 N–H and O–H groups in total. The smallest absolute Gasteiger partial charge is 0.0462 e. The molecule has 1 aliphatic carbocycles. The van der Waals surface area contributed by atoms with Gasteiger partial charge in [0, 0.05) is 34.1 Å². The molecule has 20 aliphatic heterocycles. The molecule has 27 rings (SSSR count). The van der Waals surface area contributed by atoms with Crippen LogP contribution in [0.3, 0.4) is 0 Å². The SMILES string of the molecule is c1cc2ccc1-c1ccc(cc1)N1c3ccc(cc3)C3C4c5ccc(cc5)N2c2ccc(cc2)C4C3c2ccc1cc2. The highest BCUT2D eigenvalue weighted by Gasteiger charge is 2.53. The quantitative estimate of drug-likeness (QED) is 0.190. The van der Waals surface area contributed by atoms with Gasteiger partial charge in [0.2, 0.25) is 0 Å². The largest absolute Gasteiger partial charge is 0.311 e. The van der Waals surface area contributed by atoms with Crippen molar-refractivity contribution in [3.63, 3.8) is 0 Å². The van der Waals surface area contributed by atoms with Gasteiger partial charge in [0.15, 0.2) is 0 Å². The molecule has 1 fully saturated rings. The minimum absolute atomic E-state index is 0.404. The van der Waals surface area contributed by atoms with Crippen molar-refractivity contribution in [3.05, 3.63) is 168 Å². The summed E-state index contributed by atoms with van der Waals surface area (Å²) in [6, 6.07) is 55.7. The third kappa shape index (κ3) is 3.04. The number of hydrogen-bond acceptors (Lipinski definition) is 2. The number of anilines is 6. The van der Waals surface area contributed by atoms with Crippen LogP contribution in [0, 0.1) is 0 Å². The molecule has 0 atom stereocenters. The molecule has 1 saturated carbocycles. The van der Waals surface area contributed by atoms with Crippen molar-refractivity contribution in [1.29, 1.82) is 0 Å². The Morgan fingerprint density at radius 1 is 0.238 bits per heavy atom. The maximum atomic E-state index is 2.39. The van der Waals surface area contributed by atoms with Gasteiger partial charge >= 0.3 is 0 Å². The fourth-order valence-corrected chi connectivity index (χ4v) is 8.29. The van der Waals surface area contributed by atoms with Gasteiger partial charge in [-0.1, -0.05) is 72.8 Å². The average molecular weight is 537 g/mol. The fraction of sp³-hybridized carbons (Fsp3) is 0.100. The second-order valence-electron chi connectivity index (χ2n) is 12.2. The maximum absolute atomic E-state index is 2.39. The Labute approximate surface area is 246 Å². The van der Waals surface area contributed by atoms with Gasteiger partial charge in [-0.3, -0.25) is 0 Å². The van der Waals surface area contributed by atoms with E-state index in [2.05, 4.69) is 155 Å². The summed E-state index contributed by atoms with van der Waals surface area (Å²) in [4.78, 5) is 4.77.